The number of rotatable bonds is 6. The lowest BCUT2D eigenvalue weighted by Crippen LogP contribution is -2.40. The van der Waals surface area contributed by atoms with Crippen molar-refractivity contribution in [2.75, 3.05) is 20.3 Å². The van der Waals surface area contributed by atoms with Crippen molar-refractivity contribution in [3.63, 3.8) is 0 Å². The standard InChI is InChI=1S/C13H19NO3/c1-3-10-6-4-5-7-12(10)13(16)14-11(8-15)9-17-2/h4-7,11,15H,3,8-9H2,1-2H3,(H,14,16). The summed E-state index contributed by atoms with van der Waals surface area (Å²) in [6.07, 6.45) is 0.803. The molecule has 94 valence electrons. The van der Waals surface area contributed by atoms with Crippen molar-refractivity contribution in [2.45, 2.75) is 19.4 Å². The smallest absolute Gasteiger partial charge is 0.251 e. The fraction of sp³-hybridized carbons (Fsp3) is 0.462. The van der Waals surface area contributed by atoms with E-state index in [9.17, 15) is 4.79 Å². The molecule has 0 saturated heterocycles. The number of nitrogens with one attached hydrogen (secondary N) is 1. The average molecular weight is 237 g/mol. The predicted molar refractivity (Wildman–Crippen MR) is 66.0 cm³/mol. The molecule has 0 saturated carbocycles. The Kier molecular flexibility index (Phi) is 5.66. The molecule has 1 aromatic rings. The van der Waals surface area contributed by atoms with Crippen LogP contribution in [0.15, 0.2) is 24.3 Å². The SMILES string of the molecule is CCc1ccccc1C(=O)NC(CO)COC. The van der Waals surface area contributed by atoms with E-state index in [1.54, 1.807) is 6.07 Å². The van der Waals surface area contributed by atoms with Crippen LogP contribution >= 0.6 is 0 Å². The van der Waals surface area contributed by atoms with Crippen molar-refractivity contribution in [3.05, 3.63) is 35.4 Å². The van der Waals surface area contributed by atoms with Crippen LogP contribution in [0.3, 0.4) is 0 Å². The minimum atomic E-state index is -0.364. The highest BCUT2D eigenvalue weighted by Crippen LogP contribution is 2.09. The molecule has 0 fully saturated rings. The minimum Gasteiger partial charge on any atom is -0.394 e. The number of hydrogen-bond acceptors (Lipinski definition) is 3. The number of aliphatic hydroxyl groups excluding tert-OH is 1. The molecule has 2 N–H and O–H groups in total. The third-order valence-corrected chi connectivity index (χ3v) is 2.57. The summed E-state index contributed by atoms with van der Waals surface area (Å²) in [5, 5.41) is 11.8. The quantitative estimate of drug-likeness (QED) is 0.775. The molecule has 0 radical (unpaired) electrons. The van der Waals surface area contributed by atoms with Gasteiger partial charge >= 0.3 is 0 Å². The molecule has 0 aliphatic heterocycles. The van der Waals surface area contributed by atoms with Crippen molar-refractivity contribution < 1.29 is 14.6 Å². The van der Waals surface area contributed by atoms with Crippen LogP contribution in [0, 0.1) is 0 Å². The number of aliphatic hydroxyl groups is 1. The summed E-state index contributed by atoms with van der Waals surface area (Å²) < 4.78 is 4.91. The molecule has 1 rings (SSSR count). The Labute approximate surface area is 102 Å². The third kappa shape index (κ3) is 3.84. The number of carbonyl (C=O) groups is 1. The molecule has 4 heteroatoms. The van der Waals surface area contributed by atoms with Crippen molar-refractivity contribution in [2.24, 2.45) is 0 Å². The van der Waals surface area contributed by atoms with E-state index in [4.69, 9.17) is 9.84 Å². The second-order valence-electron chi connectivity index (χ2n) is 3.82. The zero-order valence-electron chi connectivity index (χ0n) is 10.3. The number of carbonyl (C=O) groups excluding carboxylic acids is 1. The van der Waals surface area contributed by atoms with Gasteiger partial charge in [0, 0.05) is 12.7 Å². The van der Waals surface area contributed by atoms with Gasteiger partial charge in [-0.3, -0.25) is 4.79 Å². The minimum absolute atomic E-state index is 0.131. The molecule has 0 aliphatic carbocycles. The maximum atomic E-state index is 12.0. The summed E-state index contributed by atoms with van der Waals surface area (Å²) in [7, 11) is 1.54. The van der Waals surface area contributed by atoms with E-state index in [1.165, 1.54) is 7.11 Å². The topological polar surface area (TPSA) is 58.6 Å². The first-order chi connectivity index (χ1) is 8.22. The van der Waals surface area contributed by atoms with Gasteiger partial charge in [-0.05, 0) is 18.1 Å². The molecule has 0 bridgehead atoms. The third-order valence-electron chi connectivity index (χ3n) is 2.57. The monoisotopic (exact) mass is 237 g/mol. The van der Waals surface area contributed by atoms with E-state index < -0.39 is 0 Å². The van der Waals surface area contributed by atoms with Crippen LogP contribution in [0.1, 0.15) is 22.8 Å². The van der Waals surface area contributed by atoms with Gasteiger partial charge in [0.25, 0.3) is 5.91 Å². The van der Waals surface area contributed by atoms with Crippen LogP contribution in [-0.4, -0.2) is 37.4 Å². The second kappa shape index (κ2) is 7.04. The number of ether oxygens (including phenoxy) is 1. The maximum absolute atomic E-state index is 12.0. The van der Waals surface area contributed by atoms with E-state index in [2.05, 4.69) is 5.32 Å². The number of aryl methyl sites for hydroxylation is 1. The van der Waals surface area contributed by atoms with Crippen LogP contribution in [-0.2, 0) is 11.2 Å². The largest absolute Gasteiger partial charge is 0.394 e. The highest BCUT2D eigenvalue weighted by Gasteiger charge is 2.14. The molecule has 1 unspecified atom stereocenters. The van der Waals surface area contributed by atoms with E-state index in [0.717, 1.165) is 12.0 Å². The Morgan fingerprint density at radius 1 is 1.47 bits per heavy atom. The van der Waals surface area contributed by atoms with Crippen molar-refractivity contribution >= 4 is 5.91 Å². The molecular formula is C13H19NO3. The first-order valence-corrected chi connectivity index (χ1v) is 5.71. The van der Waals surface area contributed by atoms with Gasteiger partial charge < -0.3 is 15.2 Å². The Bertz CT molecular complexity index is 365. The molecule has 1 atom stereocenters. The molecule has 0 aliphatic rings. The first kappa shape index (κ1) is 13.7. The summed E-state index contributed by atoms with van der Waals surface area (Å²) in [5.41, 5.74) is 1.66. The van der Waals surface area contributed by atoms with Gasteiger partial charge in [-0.15, -0.1) is 0 Å². The summed E-state index contributed by atoms with van der Waals surface area (Å²) in [5.74, 6) is -0.168. The maximum Gasteiger partial charge on any atom is 0.251 e. The number of amides is 1. The highest BCUT2D eigenvalue weighted by atomic mass is 16.5. The fourth-order valence-electron chi connectivity index (χ4n) is 1.65. The highest BCUT2D eigenvalue weighted by molar-refractivity contribution is 5.95. The van der Waals surface area contributed by atoms with Crippen LogP contribution < -0.4 is 5.32 Å². The Hall–Kier alpha value is -1.39. The molecular weight excluding hydrogens is 218 g/mol. The van der Waals surface area contributed by atoms with Gasteiger partial charge in [0.15, 0.2) is 0 Å². The lowest BCUT2D eigenvalue weighted by atomic mass is 10.0. The molecule has 1 amide bonds. The number of hydrogen-bond donors (Lipinski definition) is 2. The molecule has 0 spiro atoms. The molecule has 1 aromatic carbocycles. The van der Waals surface area contributed by atoms with Crippen LogP contribution in [0.25, 0.3) is 0 Å². The number of methoxy groups -OCH3 is 1. The van der Waals surface area contributed by atoms with E-state index in [0.29, 0.717) is 12.2 Å². The Morgan fingerprint density at radius 3 is 2.76 bits per heavy atom. The molecule has 0 heterocycles. The normalized spacial score (nSPS) is 12.2. The van der Waals surface area contributed by atoms with Crippen LogP contribution in [0.4, 0.5) is 0 Å². The lowest BCUT2D eigenvalue weighted by molar-refractivity contribution is 0.0839. The Balaban J connectivity index is 2.75. The van der Waals surface area contributed by atoms with Gasteiger partial charge in [0.05, 0.1) is 19.3 Å². The van der Waals surface area contributed by atoms with Gasteiger partial charge in [0.1, 0.15) is 0 Å². The van der Waals surface area contributed by atoms with Crippen molar-refractivity contribution in [3.8, 4) is 0 Å². The summed E-state index contributed by atoms with van der Waals surface area (Å²) in [4.78, 5) is 12.0. The summed E-state index contributed by atoms with van der Waals surface area (Å²) in [6, 6.07) is 7.10. The van der Waals surface area contributed by atoms with Crippen LogP contribution in [0.2, 0.25) is 0 Å². The summed E-state index contributed by atoms with van der Waals surface area (Å²) >= 11 is 0. The Morgan fingerprint density at radius 2 is 2.18 bits per heavy atom. The second-order valence-corrected chi connectivity index (χ2v) is 3.82. The van der Waals surface area contributed by atoms with Gasteiger partial charge in [-0.25, -0.2) is 0 Å². The average Bonchev–Trinajstić information content (AvgIpc) is 2.38. The van der Waals surface area contributed by atoms with E-state index in [1.807, 2.05) is 25.1 Å². The van der Waals surface area contributed by atoms with E-state index >= 15 is 0 Å². The molecule has 17 heavy (non-hydrogen) atoms. The van der Waals surface area contributed by atoms with Gasteiger partial charge in [-0.2, -0.15) is 0 Å². The van der Waals surface area contributed by atoms with E-state index in [-0.39, 0.29) is 18.6 Å². The molecule has 0 aromatic heterocycles. The molecule has 4 nitrogen and oxygen atoms in total. The zero-order valence-corrected chi connectivity index (χ0v) is 10.3. The van der Waals surface area contributed by atoms with Crippen molar-refractivity contribution in [1.82, 2.24) is 5.32 Å². The van der Waals surface area contributed by atoms with Gasteiger partial charge in [0.2, 0.25) is 0 Å². The van der Waals surface area contributed by atoms with Crippen LogP contribution in [0.5, 0.6) is 0 Å². The van der Waals surface area contributed by atoms with Gasteiger partial charge in [-0.1, -0.05) is 25.1 Å². The van der Waals surface area contributed by atoms with Crippen molar-refractivity contribution in [1.29, 1.82) is 0 Å². The zero-order chi connectivity index (χ0) is 12.7. The lowest BCUT2D eigenvalue weighted by Gasteiger charge is -2.16. The number of benzene rings is 1. The predicted octanol–water partition coefficient (Wildman–Crippen LogP) is 0.986. The first-order valence-electron chi connectivity index (χ1n) is 5.71. The summed E-state index contributed by atoms with van der Waals surface area (Å²) in [6.45, 7) is 2.18. The fourth-order valence-corrected chi connectivity index (χ4v) is 1.65.